The van der Waals surface area contributed by atoms with Crippen LogP contribution >= 0.6 is 11.8 Å². The van der Waals surface area contributed by atoms with E-state index >= 15 is 0 Å². The first-order chi connectivity index (χ1) is 17.1. The van der Waals surface area contributed by atoms with Crippen molar-refractivity contribution in [3.8, 4) is 17.1 Å². The van der Waals surface area contributed by atoms with Gasteiger partial charge in [-0.1, -0.05) is 30.3 Å². The fraction of sp³-hybridized carbons (Fsp3) is 0.192. The van der Waals surface area contributed by atoms with Gasteiger partial charge in [0, 0.05) is 35.8 Å². The number of aromatic amines is 2. The molecule has 35 heavy (non-hydrogen) atoms. The molecule has 0 saturated heterocycles. The first kappa shape index (κ1) is 22.9. The zero-order valence-electron chi connectivity index (χ0n) is 19.2. The summed E-state index contributed by atoms with van der Waals surface area (Å²) < 4.78 is 1.92. The number of H-pyrrole nitrogens is 2. The lowest BCUT2D eigenvalue weighted by Crippen LogP contribution is -2.28. The Morgan fingerprint density at radius 2 is 2.06 bits per heavy atom. The molecule has 0 aliphatic rings. The zero-order valence-corrected chi connectivity index (χ0v) is 20.0. The molecule has 0 saturated carbocycles. The quantitative estimate of drug-likeness (QED) is 0.249. The van der Waals surface area contributed by atoms with E-state index in [-0.39, 0.29) is 18.2 Å². The molecule has 8 nitrogen and oxygen atoms in total. The molecule has 178 valence electrons. The minimum absolute atomic E-state index is 0.0540. The summed E-state index contributed by atoms with van der Waals surface area (Å²) in [5.41, 5.74) is 5.59. The van der Waals surface area contributed by atoms with Crippen LogP contribution in [0.15, 0.2) is 78.2 Å². The van der Waals surface area contributed by atoms with E-state index in [0.29, 0.717) is 22.8 Å². The van der Waals surface area contributed by atoms with E-state index in [1.807, 2.05) is 48.0 Å². The van der Waals surface area contributed by atoms with Crippen LogP contribution in [0.3, 0.4) is 0 Å². The number of imidazole rings is 2. The van der Waals surface area contributed by atoms with Crippen molar-refractivity contribution in [1.29, 1.82) is 0 Å². The Bertz CT molecular complexity index is 1480. The molecule has 5 rings (SSSR count). The SMILES string of the molecule is Cc1cc(-n2ccnc2)cc2[nH]c(-c3c(N[C@@H](CO)CSCc4ccccc4)cc[nH]c3=O)nc12. The maximum absolute atomic E-state index is 12.9. The highest BCUT2D eigenvalue weighted by atomic mass is 32.2. The summed E-state index contributed by atoms with van der Waals surface area (Å²) >= 11 is 1.73. The molecule has 1 atom stereocenters. The van der Waals surface area contributed by atoms with E-state index in [4.69, 9.17) is 4.98 Å². The summed E-state index contributed by atoms with van der Waals surface area (Å²) in [6.07, 6.45) is 6.96. The van der Waals surface area contributed by atoms with Crippen molar-refractivity contribution in [1.82, 2.24) is 24.5 Å². The monoisotopic (exact) mass is 486 g/mol. The van der Waals surface area contributed by atoms with Gasteiger partial charge in [-0.15, -0.1) is 0 Å². The second-order valence-electron chi connectivity index (χ2n) is 8.33. The van der Waals surface area contributed by atoms with Gasteiger partial charge < -0.3 is 25.0 Å². The van der Waals surface area contributed by atoms with Crippen LogP contribution < -0.4 is 10.9 Å². The minimum atomic E-state index is -0.254. The number of fused-ring (bicyclic) bond motifs is 1. The van der Waals surface area contributed by atoms with Gasteiger partial charge in [0.25, 0.3) is 5.56 Å². The van der Waals surface area contributed by atoms with Crippen LogP contribution in [0.1, 0.15) is 11.1 Å². The fourth-order valence-corrected chi connectivity index (χ4v) is 5.06. The highest BCUT2D eigenvalue weighted by Crippen LogP contribution is 2.28. The number of aliphatic hydroxyl groups is 1. The normalized spacial score (nSPS) is 12.2. The van der Waals surface area contributed by atoms with Crippen LogP contribution in [0.2, 0.25) is 0 Å². The van der Waals surface area contributed by atoms with E-state index in [9.17, 15) is 9.90 Å². The molecule has 3 heterocycles. The number of rotatable bonds is 9. The molecule has 0 radical (unpaired) electrons. The molecular formula is C26H26N6O2S. The lowest BCUT2D eigenvalue weighted by molar-refractivity contribution is 0.283. The predicted molar refractivity (Wildman–Crippen MR) is 141 cm³/mol. The van der Waals surface area contributed by atoms with Crippen molar-refractivity contribution < 1.29 is 5.11 Å². The highest BCUT2D eigenvalue weighted by molar-refractivity contribution is 7.98. The van der Waals surface area contributed by atoms with Crippen molar-refractivity contribution in [3.05, 3.63) is 94.9 Å². The van der Waals surface area contributed by atoms with Gasteiger partial charge in [-0.25, -0.2) is 9.97 Å². The van der Waals surface area contributed by atoms with Crippen molar-refractivity contribution in [2.24, 2.45) is 0 Å². The first-order valence-corrected chi connectivity index (χ1v) is 12.5. The first-order valence-electron chi connectivity index (χ1n) is 11.3. The van der Waals surface area contributed by atoms with Gasteiger partial charge in [0.05, 0.1) is 35.7 Å². The Morgan fingerprint density at radius 3 is 2.83 bits per heavy atom. The molecule has 0 aliphatic heterocycles. The van der Waals surface area contributed by atoms with Crippen LogP contribution in [-0.4, -0.2) is 48.0 Å². The number of aliphatic hydroxyl groups excluding tert-OH is 1. The van der Waals surface area contributed by atoms with E-state index in [1.165, 1.54) is 5.56 Å². The Balaban J connectivity index is 1.41. The van der Waals surface area contributed by atoms with Crippen molar-refractivity contribution in [3.63, 3.8) is 0 Å². The van der Waals surface area contributed by atoms with E-state index < -0.39 is 0 Å². The van der Waals surface area contributed by atoms with Gasteiger partial charge in [-0.3, -0.25) is 4.79 Å². The van der Waals surface area contributed by atoms with Crippen LogP contribution in [0.4, 0.5) is 5.69 Å². The lowest BCUT2D eigenvalue weighted by Gasteiger charge is -2.18. The van der Waals surface area contributed by atoms with Crippen LogP contribution in [0.25, 0.3) is 28.1 Å². The summed E-state index contributed by atoms with van der Waals surface area (Å²) in [6.45, 7) is 1.94. The summed E-state index contributed by atoms with van der Waals surface area (Å²) in [6, 6.07) is 15.8. The number of benzene rings is 2. The summed E-state index contributed by atoms with van der Waals surface area (Å²) in [4.78, 5) is 27.8. The van der Waals surface area contributed by atoms with Gasteiger partial charge in [0.2, 0.25) is 0 Å². The zero-order chi connectivity index (χ0) is 24.2. The van der Waals surface area contributed by atoms with Crippen LogP contribution in [0, 0.1) is 6.92 Å². The van der Waals surface area contributed by atoms with Gasteiger partial charge in [-0.2, -0.15) is 11.8 Å². The number of thioether (sulfide) groups is 1. The van der Waals surface area contributed by atoms with Crippen LogP contribution in [-0.2, 0) is 5.75 Å². The topological polar surface area (TPSA) is 112 Å². The highest BCUT2D eigenvalue weighted by Gasteiger charge is 2.18. The predicted octanol–water partition coefficient (Wildman–Crippen LogP) is 4.12. The number of nitrogens with one attached hydrogen (secondary N) is 3. The molecule has 9 heteroatoms. The summed E-state index contributed by atoms with van der Waals surface area (Å²) in [7, 11) is 0. The van der Waals surface area contributed by atoms with Crippen molar-refractivity contribution in [2.75, 3.05) is 17.7 Å². The molecule has 0 unspecified atom stereocenters. The molecule has 4 N–H and O–H groups in total. The Labute approximate surface area is 206 Å². The molecule has 0 bridgehead atoms. The number of hydrogen-bond acceptors (Lipinski definition) is 6. The van der Waals surface area contributed by atoms with Crippen LogP contribution in [0.5, 0.6) is 0 Å². The van der Waals surface area contributed by atoms with Gasteiger partial charge in [0.1, 0.15) is 11.4 Å². The van der Waals surface area contributed by atoms with Crippen molar-refractivity contribution >= 4 is 28.5 Å². The average Bonchev–Trinajstić information content (AvgIpc) is 3.55. The molecule has 5 aromatic rings. The van der Waals surface area contributed by atoms with Crippen molar-refractivity contribution in [2.45, 2.75) is 18.7 Å². The number of pyridine rings is 1. The summed E-state index contributed by atoms with van der Waals surface area (Å²) in [5.74, 6) is 2.01. The van der Waals surface area contributed by atoms with Gasteiger partial charge >= 0.3 is 0 Å². The Hall–Kier alpha value is -3.82. The average molecular weight is 487 g/mol. The lowest BCUT2D eigenvalue weighted by atomic mass is 10.2. The second kappa shape index (κ2) is 10.2. The molecule has 3 aromatic heterocycles. The number of nitrogens with zero attached hydrogens (tertiary/aromatic N) is 3. The fourth-order valence-electron chi connectivity index (χ4n) is 4.04. The van der Waals surface area contributed by atoms with E-state index in [0.717, 1.165) is 28.0 Å². The number of anilines is 1. The standard InChI is InChI=1S/C26H26N6O2S/c1-17-11-20(32-10-9-27-16-32)12-22-24(17)31-25(30-22)23-21(7-8-28-26(23)34)29-19(13-33)15-35-14-18-5-3-2-4-6-18/h2-12,16,19,33H,13-15H2,1H3,(H,30,31)(H2,28,29,34)/t19-/m0/s1. The van der Waals surface area contributed by atoms with Gasteiger partial charge in [-0.05, 0) is 36.2 Å². The molecule has 0 spiro atoms. The third kappa shape index (κ3) is 5.01. The number of aromatic nitrogens is 5. The molecule has 2 aromatic carbocycles. The Morgan fingerprint density at radius 1 is 1.20 bits per heavy atom. The number of aryl methyl sites for hydroxylation is 1. The number of hydrogen-bond donors (Lipinski definition) is 4. The molecule has 0 aliphatic carbocycles. The van der Waals surface area contributed by atoms with E-state index in [2.05, 4.69) is 32.4 Å². The third-order valence-corrected chi connectivity index (χ3v) is 6.95. The minimum Gasteiger partial charge on any atom is -0.394 e. The molecular weight excluding hydrogens is 460 g/mol. The maximum Gasteiger partial charge on any atom is 0.261 e. The van der Waals surface area contributed by atoms with E-state index in [1.54, 1.807) is 36.5 Å². The smallest absolute Gasteiger partial charge is 0.261 e. The van der Waals surface area contributed by atoms with Gasteiger partial charge in [0.15, 0.2) is 0 Å². The second-order valence-corrected chi connectivity index (χ2v) is 9.36. The maximum atomic E-state index is 12.9. The summed E-state index contributed by atoms with van der Waals surface area (Å²) in [5, 5.41) is 13.3. The Kier molecular flexibility index (Phi) is 6.69. The third-order valence-electron chi connectivity index (χ3n) is 5.77. The molecule has 0 amide bonds. The molecule has 0 fully saturated rings. The largest absolute Gasteiger partial charge is 0.394 e.